The van der Waals surface area contributed by atoms with Crippen molar-refractivity contribution in [2.75, 3.05) is 13.1 Å². The summed E-state index contributed by atoms with van der Waals surface area (Å²) in [6.45, 7) is 2.99. The Bertz CT molecular complexity index is 507. The third kappa shape index (κ3) is 4.57. The maximum atomic E-state index is 11.8. The number of pyridine rings is 1. The minimum atomic E-state index is -1.09. The summed E-state index contributed by atoms with van der Waals surface area (Å²) in [6.07, 6.45) is 1.70. The van der Waals surface area contributed by atoms with Crippen LogP contribution in [0.4, 0.5) is 4.79 Å². The van der Waals surface area contributed by atoms with Crippen LogP contribution in [0, 0.1) is 11.3 Å². The monoisotopic (exact) mass is 276 g/mol. The average molecular weight is 276 g/mol. The maximum Gasteiger partial charge on any atom is 0.354 e. The van der Waals surface area contributed by atoms with Gasteiger partial charge in [-0.25, -0.2) is 14.6 Å². The smallest absolute Gasteiger partial charge is 0.354 e. The highest BCUT2D eigenvalue weighted by Crippen LogP contribution is 2.01. The normalized spacial score (nSPS) is 9.60. The molecule has 0 aliphatic carbocycles. The van der Waals surface area contributed by atoms with Crippen molar-refractivity contribution in [2.45, 2.75) is 19.9 Å². The molecule has 2 amide bonds. The number of carbonyl (C=O) groups is 2. The van der Waals surface area contributed by atoms with Crippen molar-refractivity contribution >= 4 is 12.0 Å². The molecule has 0 fully saturated rings. The molecule has 106 valence electrons. The van der Waals surface area contributed by atoms with E-state index in [9.17, 15) is 9.59 Å². The van der Waals surface area contributed by atoms with Crippen molar-refractivity contribution in [3.63, 3.8) is 0 Å². The first-order valence-electron chi connectivity index (χ1n) is 6.16. The Balaban J connectivity index is 2.51. The molecule has 0 aromatic carbocycles. The molecule has 1 aromatic rings. The molecule has 0 aliphatic rings. The zero-order valence-electron chi connectivity index (χ0n) is 11.2. The number of carboxylic acid groups (broad SMARTS) is 1. The number of nitriles is 1. The van der Waals surface area contributed by atoms with Gasteiger partial charge in [-0.3, -0.25) is 0 Å². The second kappa shape index (κ2) is 7.74. The first-order chi connectivity index (χ1) is 9.58. The molecule has 0 spiro atoms. The lowest BCUT2D eigenvalue weighted by atomic mass is 10.2. The topological polar surface area (TPSA) is 106 Å². The number of hydrogen-bond donors (Lipinski definition) is 2. The zero-order valence-corrected chi connectivity index (χ0v) is 11.2. The minimum absolute atomic E-state index is 0.0377. The van der Waals surface area contributed by atoms with E-state index in [0.29, 0.717) is 18.7 Å². The van der Waals surface area contributed by atoms with Gasteiger partial charge in [0.25, 0.3) is 0 Å². The first-order valence-corrected chi connectivity index (χ1v) is 6.16. The van der Waals surface area contributed by atoms with Crippen LogP contribution in [-0.4, -0.2) is 40.1 Å². The van der Waals surface area contributed by atoms with Crippen LogP contribution >= 0.6 is 0 Å². The van der Waals surface area contributed by atoms with E-state index in [2.05, 4.69) is 10.3 Å². The van der Waals surface area contributed by atoms with Crippen molar-refractivity contribution in [3.05, 3.63) is 29.6 Å². The van der Waals surface area contributed by atoms with Gasteiger partial charge in [-0.05, 0) is 18.6 Å². The molecule has 7 nitrogen and oxygen atoms in total. The van der Waals surface area contributed by atoms with Gasteiger partial charge in [0.2, 0.25) is 0 Å². The zero-order chi connectivity index (χ0) is 15.0. The lowest BCUT2D eigenvalue weighted by molar-refractivity contribution is 0.0690. The number of urea groups is 1. The third-order valence-corrected chi connectivity index (χ3v) is 2.65. The first kappa shape index (κ1) is 15.4. The van der Waals surface area contributed by atoms with Gasteiger partial charge in [-0.15, -0.1) is 0 Å². The van der Waals surface area contributed by atoms with Gasteiger partial charge >= 0.3 is 12.0 Å². The van der Waals surface area contributed by atoms with Crippen molar-refractivity contribution in [1.29, 1.82) is 5.26 Å². The number of rotatable bonds is 6. The molecule has 2 N–H and O–H groups in total. The van der Waals surface area contributed by atoms with Crippen LogP contribution in [0.15, 0.2) is 18.3 Å². The number of aromatic nitrogens is 1. The van der Waals surface area contributed by atoms with Gasteiger partial charge in [-0.2, -0.15) is 5.26 Å². The highest BCUT2D eigenvalue weighted by molar-refractivity contribution is 5.85. The predicted octanol–water partition coefficient (Wildman–Crippen LogP) is 1.22. The van der Waals surface area contributed by atoms with Crippen LogP contribution in [0.2, 0.25) is 0 Å². The summed E-state index contributed by atoms with van der Waals surface area (Å²) in [5, 5.41) is 19.9. The molecule has 0 bridgehead atoms. The molecular weight excluding hydrogens is 260 g/mol. The highest BCUT2D eigenvalue weighted by Gasteiger charge is 2.10. The van der Waals surface area contributed by atoms with E-state index >= 15 is 0 Å². The largest absolute Gasteiger partial charge is 0.477 e. The van der Waals surface area contributed by atoms with Gasteiger partial charge in [0.15, 0.2) is 0 Å². The van der Waals surface area contributed by atoms with Crippen molar-refractivity contribution in [1.82, 2.24) is 15.2 Å². The molecule has 20 heavy (non-hydrogen) atoms. The summed E-state index contributed by atoms with van der Waals surface area (Å²) in [7, 11) is 0. The SMILES string of the molecule is CCN(CCC#N)C(=O)NCc1ccc(C(=O)O)nc1. The number of amides is 2. The molecule has 0 atom stereocenters. The molecule has 1 rings (SSSR count). The average Bonchev–Trinajstić information content (AvgIpc) is 2.46. The van der Waals surface area contributed by atoms with Gasteiger partial charge in [0.1, 0.15) is 5.69 Å². The van der Waals surface area contributed by atoms with Gasteiger partial charge in [-0.1, -0.05) is 6.07 Å². The van der Waals surface area contributed by atoms with Crippen LogP contribution in [0.1, 0.15) is 29.4 Å². The summed E-state index contributed by atoms with van der Waals surface area (Å²) in [6, 6.07) is 4.72. The molecular formula is C13H16N4O3. The Hall–Kier alpha value is -2.62. The van der Waals surface area contributed by atoms with E-state index in [0.717, 1.165) is 0 Å². The van der Waals surface area contributed by atoms with Crippen LogP contribution < -0.4 is 5.32 Å². The van der Waals surface area contributed by atoms with E-state index in [1.807, 2.05) is 13.0 Å². The number of carbonyl (C=O) groups excluding carboxylic acids is 1. The number of aromatic carboxylic acids is 1. The summed E-state index contributed by atoms with van der Waals surface area (Å²) in [4.78, 5) is 27.8. The van der Waals surface area contributed by atoms with Gasteiger partial charge < -0.3 is 15.3 Å². The standard InChI is InChI=1S/C13H16N4O3/c1-2-17(7-3-6-14)13(20)16-9-10-4-5-11(12(18)19)15-8-10/h4-5,8H,2-3,7,9H2,1H3,(H,16,20)(H,18,19). The number of carboxylic acids is 1. The number of nitrogens with zero attached hydrogens (tertiary/aromatic N) is 3. The number of hydrogen-bond acceptors (Lipinski definition) is 4. The van der Waals surface area contributed by atoms with Crippen LogP contribution in [0.3, 0.4) is 0 Å². The van der Waals surface area contributed by atoms with Crippen molar-refractivity contribution in [3.8, 4) is 6.07 Å². The molecule has 7 heteroatoms. The lowest BCUT2D eigenvalue weighted by Crippen LogP contribution is -2.40. The van der Waals surface area contributed by atoms with E-state index in [-0.39, 0.29) is 24.7 Å². The van der Waals surface area contributed by atoms with E-state index < -0.39 is 5.97 Å². The summed E-state index contributed by atoms with van der Waals surface area (Å²) in [5.74, 6) is -1.09. The third-order valence-electron chi connectivity index (χ3n) is 2.65. The highest BCUT2D eigenvalue weighted by atomic mass is 16.4. The van der Waals surface area contributed by atoms with Crippen molar-refractivity contribution in [2.24, 2.45) is 0 Å². The maximum absolute atomic E-state index is 11.8. The number of nitrogens with one attached hydrogen (secondary N) is 1. The van der Waals surface area contributed by atoms with Crippen LogP contribution in [-0.2, 0) is 6.54 Å². The molecule has 1 aromatic heterocycles. The summed E-state index contributed by atoms with van der Waals surface area (Å²) >= 11 is 0. The van der Waals surface area contributed by atoms with E-state index in [1.54, 1.807) is 6.07 Å². The second-order valence-corrected chi connectivity index (χ2v) is 4.00. The van der Waals surface area contributed by atoms with Crippen LogP contribution in [0.25, 0.3) is 0 Å². The fourth-order valence-corrected chi connectivity index (χ4v) is 1.53. The van der Waals surface area contributed by atoms with E-state index in [4.69, 9.17) is 10.4 Å². The fourth-order valence-electron chi connectivity index (χ4n) is 1.53. The Morgan fingerprint density at radius 2 is 2.25 bits per heavy atom. The van der Waals surface area contributed by atoms with Gasteiger partial charge in [0, 0.05) is 25.8 Å². The van der Waals surface area contributed by atoms with Crippen LogP contribution in [0.5, 0.6) is 0 Å². The predicted molar refractivity (Wildman–Crippen MR) is 70.9 cm³/mol. The molecule has 1 heterocycles. The molecule has 0 saturated carbocycles. The second-order valence-electron chi connectivity index (χ2n) is 4.00. The molecule has 0 unspecified atom stereocenters. The Morgan fingerprint density at radius 3 is 2.75 bits per heavy atom. The van der Waals surface area contributed by atoms with Crippen molar-refractivity contribution < 1.29 is 14.7 Å². The summed E-state index contributed by atoms with van der Waals surface area (Å²) < 4.78 is 0. The molecule has 0 aliphatic heterocycles. The quantitative estimate of drug-likeness (QED) is 0.812. The fraction of sp³-hybridized carbons (Fsp3) is 0.385. The van der Waals surface area contributed by atoms with Gasteiger partial charge in [0.05, 0.1) is 12.5 Å². The Labute approximate surface area is 116 Å². The summed E-state index contributed by atoms with van der Waals surface area (Å²) in [5.41, 5.74) is 0.670. The Kier molecular flexibility index (Phi) is 5.97. The molecule has 0 radical (unpaired) electrons. The minimum Gasteiger partial charge on any atom is -0.477 e. The van der Waals surface area contributed by atoms with E-state index in [1.165, 1.54) is 17.2 Å². The molecule has 0 saturated heterocycles. The Morgan fingerprint density at radius 1 is 1.50 bits per heavy atom. The lowest BCUT2D eigenvalue weighted by Gasteiger charge is -2.20.